The maximum Gasteiger partial charge on any atom is 0.279 e. The fourth-order valence-electron chi connectivity index (χ4n) is 9.62. The second kappa shape index (κ2) is 21.8. The number of aromatic amines is 1. The second-order valence-corrected chi connectivity index (χ2v) is 18.0. The van der Waals surface area contributed by atoms with Gasteiger partial charge in [-0.25, -0.2) is 19.3 Å². The van der Waals surface area contributed by atoms with Crippen molar-refractivity contribution in [2.45, 2.75) is 111 Å². The first-order chi connectivity index (χ1) is 32.2. The van der Waals surface area contributed by atoms with Gasteiger partial charge in [0.2, 0.25) is 5.91 Å². The molecule has 3 aliphatic rings. The minimum atomic E-state index is -0.641. The molecule has 6 aromatic rings. The molecule has 1 saturated carbocycles. The van der Waals surface area contributed by atoms with Gasteiger partial charge in [-0.2, -0.15) is 0 Å². The molecule has 1 aliphatic carbocycles. The number of piperidine rings is 1. The number of anilines is 1. The minimum absolute atomic E-state index is 0.0612. The lowest BCUT2D eigenvalue weighted by atomic mass is 9.91. The Balaban J connectivity index is 0.000000158. The van der Waals surface area contributed by atoms with E-state index < -0.39 is 6.10 Å². The fraction of sp³-hybridized carbons (Fsp3) is 0.500. The Kier molecular flexibility index (Phi) is 16.0. The van der Waals surface area contributed by atoms with Gasteiger partial charge in [0.25, 0.3) is 11.1 Å². The van der Waals surface area contributed by atoms with E-state index in [-0.39, 0.29) is 46.9 Å². The number of hydrogen-bond donors (Lipinski definition) is 4. The molecule has 2 aromatic carbocycles. The Morgan fingerprint density at radius 3 is 2.45 bits per heavy atom. The Bertz CT molecular complexity index is 2800. The lowest BCUT2D eigenvalue weighted by molar-refractivity contribution is -0.117. The number of H-pyrrole nitrogens is 1. The number of aliphatic hydroxyl groups is 2. The summed E-state index contributed by atoms with van der Waals surface area (Å²) in [4.78, 5) is 56.9. The van der Waals surface area contributed by atoms with Crippen LogP contribution in [0, 0.1) is 39.4 Å². The van der Waals surface area contributed by atoms with Gasteiger partial charge in [0.05, 0.1) is 37.3 Å². The molecule has 0 spiro atoms. The van der Waals surface area contributed by atoms with Crippen molar-refractivity contribution in [2.24, 2.45) is 5.92 Å². The molecule has 1 amide bonds. The summed E-state index contributed by atoms with van der Waals surface area (Å²) < 4.78 is 22.4. The van der Waals surface area contributed by atoms with Crippen LogP contribution in [-0.4, -0.2) is 112 Å². The van der Waals surface area contributed by atoms with Gasteiger partial charge in [-0.15, -0.1) is 0 Å². The van der Waals surface area contributed by atoms with Crippen molar-refractivity contribution in [3.63, 3.8) is 0 Å². The van der Waals surface area contributed by atoms with Crippen LogP contribution >= 0.6 is 0 Å². The van der Waals surface area contributed by atoms with E-state index >= 15 is 0 Å². The van der Waals surface area contributed by atoms with Crippen LogP contribution in [0.15, 0.2) is 69.0 Å². The predicted octanol–water partition coefficient (Wildman–Crippen LogP) is 6.07. The average Bonchev–Trinajstić information content (AvgIpc) is 4.01. The van der Waals surface area contributed by atoms with E-state index in [2.05, 4.69) is 55.7 Å². The number of nitrogens with one attached hydrogen (secondary N) is 2. The van der Waals surface area contributed by atoms with Gasteiger partial charge >= 0.3 is 0 Å². The largest absolute Gasteiger partial charge is 0.396 e. The van der Waals surface area contributed by atoms with Crippen molar-refractivity contribution in [1.29, 1.82) is 0 Å². The zero-order valence-corrected chi connectivity index (χ0v) is 39.6. The number of carbonyl (C=O) groups is 1. The van der Waals surface area contributed by atoms with Crippen molar-refractivity contribution in [1.82, 2.24) is 44.0 Å². The monoisotopic (exact) mass is 921 g/mol. The lowest BCUT2D eigenvalue weighted by Gasteiger charge is -2.31. The Hall–Kier alpha value is -5.88. The summed E-state index contributed by atoms with van der Waals surface area (Å²) in [6, 6.07) is 10.5. The maximum absolute atomic E-state index is 13.4. The highest BCUT2D eigenvalue weighted by Gasteiger charge is 2.38. The highest BCUT2D eigenvalue weighted by molar-refractivity contribution is 5.93. The second-order valence-electron chi connectivity index (χ2n) is 18.0. The molecule has 6 heterocycles. The molecule has 17 heteroatoms. The number of likely N-dealkylation sites (tertiary alicyclic amines) is 1. The Morgan fingerprint density at radius 2 is 1.76 bits per heavy atom. The Morgan fingerprint density at radius 1 is 1.03 bits per heavy atom. The molecular weight excluding hydrogens is 856 g/mol. The van der Waals surface area contributed by atoms with Crippen molar-refractivity contribution in [3.05, 3.63) is 121 Å². The number of aromatic nitrogens is 7. The number of amides is 1. The molecule has 2 aliphatic heterocycles. The molecule has 0 radical (unpaired) electrons. The van der Waals surface area contributed by atoms with Crippen LogP contribution in [0.5, 0.6) is 0 Å². The van der Waals surface area contributed by atoms with E-state index in [4.69, 9.17) is 9.51 Å². The normalized spacial score (nSPS) is 18.7. The highest BCUT2D eigenvalue weighted by atomic mass is 19.1. The third-order valence-corrected chi connectivity index (χ3v) is 13.6. The number of halogens is 1. The van der Waals surface area contributed by atoms with Gasteiger partial charge < -0.3 is 34.5 Å². The van der Waals surface area contributed by atoms with Gasteiger partial charge in [-0.3, -0.25) is 23.9 Å². The highest BCUT2D eigenvalue weighted by Crippen LogP contribution is 2.40. The first-order valence-corrected chi connectivity index (χ1v) is 23.6. The predicted molar refractivity (Wildman–Crippen MR) is 257 cm³/mol. The molecule has 4 N–H and O–H groups in total. The van der Waals surface area contributed by atoms with Crippen LogP contribution in [0.3, 0.4) is 0 Å². The van der Waals surface area contributed by atoms with E-state index in [1.807, 2.05) is 43.5 Å². The van der Waals surface area contributed by atoms with Crippen LogP contribution in [0.1, 0.15) is 97.6 Å². The quantitative estimate of drug-likeness (QED) is 0.110. The molecule has 2 fully saturated rings. The molecule has 4 aromatic heterocycles. The SMILES string of the molecule is C=C1[C@H](CO)[C@@H](O)C[C@@H]1n1cnc2c(=O)[nH]c(C)nc21.CCN(CC)CC(=O)Nc1c(C)cccc1C.Cc1nc2n(c(=O)c1CCN1CCC(c3noc4cc(F)ccc34)CC1)CCCC2. The molecule has 358 valence electrons. The van der Waals surface area contributed by atoms with Crippen LogP contribution in [0.25, 0.3) is 22.1 Å². The first kappa shape index (κ1) is 49.0. The number of aryl methyl sites for hydroxylation is 5. The summed E-state index contributed by atoms with van der Waals surface area (Å²) in [5.41, 5.74) is 7.74. The number of aliphatic hydroxyl groups excluding tert-OH is 2. The van der Waals surface area contributed by atoms with E-state index in [0.717, 1.165) is 128 Å². The average molecular weight is 921 g/mol. The zero-order chi connectivity index (χ0) is 47.9. The summed E-state index contributed by atoms with van der Waals surface area (Å²) in [6.45, 7) is 21.5. The van der Waals surface area contributed by atoms with E-state index in [0.29, 0.717) is 35.9 Å². The third-order valence-electron chi connectivity index (χ3n) is 13.6. The molecule has 9 rings (SSSR count). The number of benzene rings is 2. The number of imidazole rings is 1. The number of carbonyl (C=O) groups excluding carboxylic acids is 1. The van der Waals surface area contributed by atoms with Gasteiger partial charge in [-0.05, 0) is 121 Å². The van der Waals surface area contributed by atoms with Gasteiger partial charge in [-0.1, -0.05) is 43.8 Å². The summed E-state index contributed by atoms with van der Waals surface area (Å²) in [5, 5.41) is 27.4. The molecule has 67 heavy (non-hydrogen) atoms. The van der Waals surface area contributed by atoms with Crippen molar-refractivity contribution in [2.75, 3.05) is 51.2 Å². The topological polar surface area (TPSA) is 201 Å². The number of para-hydroxylation sites is 1. The van der Waals surface area contributed by atoms with Crippen LogP contribution < -0.4 is 16.4 Å². The van der Waals surface area contributed by atoms with Gasteiger partial charge in [0.1, 0.15) is 17.5 Å². The number of rotatable bonds is 11. The molecule has 1 saturated heterocycles. The summed E-state index contributed by atoms with van der Waals surface area (Å²) in [6.07, 6.45) is 7.14. The molecule has 0 unspecified atom stereocenters. The maximum atomic E-state index is 13.4. The number of fused-ring (bicyclic) bond motifs is 3. The van der Waals surface area contributed by atoms with E-state index in [9.17, 15) is 29.0 Å². The lowest BCUT2D eigenvalue weighted by Crippen LogP contribution is -2.37. The summed E-state index contributed by atoms with van der Waals surface area (Å²) in [5.74, 6) is 1.19. The van der Waals surface area contributed by atoms with E-state index in [1.54, 1.807) is 17.6 Å². The van der Waals surface area contributed by atoms with Crippen LogP contribution in [-0.2, 0) is 24.2 Å². The summed E-state index contributed by atoms with van der Waals surface area (Å²) in [7, 11) is 0. The zero-order valence-electron chi connectivity index (χ0n) is 39.6. The van der Waals surface area contributed by atoms with Gasteiger partial charge in [0, 0.05) is 59.7 Å². The standard InChI is InChI=1S/C23H27FN4O2.C14H22N2O.C13H16N4O3/c1-15-18(23(29)28-10-3-2-4-21(28)25-15)9-13-27-11-7-16(8-12-27)22-19-6-5-17(24)14-20(19)30-26-22;1-5-16(6-2)10-13(17)15-14-11(3)8-7-9-12(14)4;1-6-8(4-18)10(19)3-9(6)17-5-14-11-12(17)15-7(2)16-13(11)20/h5-6,14,16H,2-4,7-13H2,1H3;7-9H,5-6,10H2,1-4H3,(H,15,17);5,8-10,18-19H,1,3-4H2,2H3,(H,15,16,20)/t;;8-,9-,10-/m..0/s1. The molecule has 0 bridgehead atoms. The van der Waals surface area contributed by atoms with Gasteiger partial charge in [0.15, 0.2) is 16.7 Å². The summed E-state index contributed by atoms with van der Waals surface area (Å²) >= 11 is 0. The first-order valence-electron chi connectivity index (χ1n) is 23.6. The van der Waals surface area contributed by atoms with Crippen molar-refractivity contribution >= 4 is 33.7 Å². The fourth-order valence-corrected chi connectivity index (χ4v) is 9.62. The minimum Gasteiger partial charge on any atom is -0.396 e. The molecule has 16 nitrogen and oxygen atoms in total. The van der Waals surface area contributed by atoms with Crippen molar-refractivity contribution < 1.29 is 23.9 Å². The molecule has 3 atom stereocenters. The smallest absolute Gasteiger partial charge is 0.279 e. The van der Waals surface area contributed by atoms with Crippen LogP contribution in [0.2, 0.25) is 0 Å². The van der Waals surface area contributed by atoms with Crippen LogP contribution in [0.4, 0.5) is 10.1 Å². The number of likely N-dealkylation sites (N-methyl/N-ethyl adjacent to an activating group) is 1. The Labute approximate surface area is 389 Å². The van der Waals surface area contributed by atoms with E-state index in [1.165, 1.54) is 18.5 Å². The van der Waals surface area contributed by atoms with Crippen molar-refractivity contribution in [3.8, 4) is 0 Å². The number of hydrogen-bond acceptors (Lipinski definition) is 12. The number of nitrogens with zero attached hydrogens (tertiary/aromatic N) is 8. The third kappa shape index (κ3) is 11.1. The molecular formula is C50H65FN10O6.